The maximum atomic E-state index is 12.1. The van der Waals surface area contributed by atoms with Crippen LogP contribution in [0.3, 0.4) is 0 Å². The maximum Gasteiger partial charge on any atom is 0.228 e. The highest BCUT2D eigenvalue weighted by Gasteiger charge is 2.18. The molecule has 2 unspecified atom stereocenters. The molecule has 19 heavy (non-hydrogen) atoms. The number of nitrogens with two attached hydrogens (primary N) is 1. The van der Waals surface area contributed by atoms with E-state index in [9.17, 15) is 4.79 Å². The first-order chi connectivity index (χ1) is 8.81. The Morgan fingerprint density at radius 2 is 1.95 bits per heavy atom. The second kappa shape index (κ2) is 7.17. The number of carbonyl (C=O) groups excluding carboxylic acids is 1. The highest BCUT2D eigenvalue weighted by atomic mass is 35.5. The van der Waals surface area contributed by atoms with Gasteiger partial charge in [0.2, 0.25) is 5.91 Å². The number of carbonyl (C=O) groups is 1. The van der Waals surface area contributed by atoms with Gasteiger partial charge in [0.25, 0.3) is 0 Å². The molecule has 0 aromatic heterocycles. The molecule has 1 aromatic rings. The molecule has 2 atom stereocenters. The van der Waals surface area contributed by atoms with Gasteiger partial charge in [0.05, 0.1) is 11.6 Å². The Hall–Kier alpha value is -0.710. The van der Waals surface area contributed by atoms with Crippen LogP contribution in [0.1, 0.15) is 27.7 Å². The number of benzene rings is 1. The van der Waals surface area contributed by atoms with Crippen molar-refractivity contribution in [2.45, 2.75) is 43.9 Å². The monoisotopic (exact) mass is 300 g/mol. The van der Waals surface area contributed by atoms with Crippen molar-refractivity contribution >= 4 is 35.0 Å². The van der Waals surface area contributed by atoms with Gasteiger partial charge < -0.3 is 11.1 Å². The summed E-state index contributed by atoms with van der Waals surface area (Å²) >= 11 is 7.68. The van der Waals surface area contributed by atoms with Gasteiger partial charge in [-0.25, -0.2) is 0 Å². The van der Waals surface area contributed by atoms with E-state index in [0.717, 1.165) is 10.6 Å². The van der Waals surface area contributed by atoms with Crippen molar-refractivity contribution in [3.8, 4) is 0 Å². The Morgan fingerprint density at radius 1 is 1.32 bits per heavy atom. The SMILES string of the molecule is CC(C)Sc1ccc(Cl)cc1NC(=O)C(C)C(C)N. The molecule has 0 bridgehead atoms. The Bertz CT molecular complexity index is 449. The molecule has 0 aliphatic heterocycles. The first kappa shape index (κ1) is 16.3. The normalized spacial score (nSPS) is 14.3. The van der Waals surface area contributed by atoms with Crippen LogP contribution in [0.15, 0.2) is 23.1 Å². The molecular weight excluding hydrogens is 280 g/mol. The summed E-state index contributed by atoms with van der Waals surface area (Å²) in [5.41, 5.74) is 6.50. The van der Waals surface area contributed by atoms with Crippen LogP contribution in [0.5, 0.6) is 0 Å². The third-order valence-corrected chi connectivity index (χ3v) is 4.08. The Balaban J connectivity index is 2.92. The molecule has 5 heteroatoms. The quantitative estimate of drug-likeness (QED) is 0.814. The van der Waals surface area contributed by atoms with E-state index in [-0.39, 0.29) is 17.9 Å². The van der Waals surface area contributed by atoms with E-state index in [1.165, 1.54) is 0 Å². The minimum atomic E-state index is -0.240. The molecule has 1 rings (SSSR count). The molecule has 0 saturated carbocycles. The van der Waals surface area contributed by atoms with Gasteiger partial charge in [-0.2, -0.15) is 0 Å². The lowest BCUT2D eigenvalue weighted by molar-refractivity contribution is -0.119. The topological polar surface area (TPSA) is 55.1 Å². The fraction of sp³-hybridized carbons (Fsp3) is 0.500. The zero-order valence-corrected chi connectivity index (χ0v) is 13.3. The van der Waals surface area contributed by atoms with E-state index in [1.807, 2.05) is 26.0 Å². The number of halogens is 1. The summed E-state index contributed by atoms with van der Waals surface area (Å²) in [5, 5.41) is 3.95. The van der Waals surface area contributed by atoms with Gasteiger partial charge in [0.15, 0.2) is 0 Å². The van der Waals surface area contributed by atoms with Crippen LogP contribution in [-0.4, -0.2) is 17.2 Å². The number of nitrogens with one attached hydrogen (secondary N) is 1. The summed E-state index contributed by atoms with van der Waals surface area (Å²) in [6, 6.07) is 5.36. The minimum Gasteiger partial charge on any atom is -0.327 e. The number of amides is 1. The summed E-state index contributed by atoms with van der Waals surface area (Å²) < 4.78 is 0. The van der Waals surface area contributed by atoms with Crippen molar-refractivity contribution in [3.63, 3.8) is 0 Å². The van der Waals surface area contributed by atoms with E-state index >= 15 is 0 Å². The van der Waals surface area contributed by atoms with Crippen molar-refractivity contribution < 1.29 is 4.79 Å². The van der Waals surface area contributed by atoms with Crippen LogP contribution in [0.25, 0.3) is 0 Å². The Morgan fingerprint density at radius 3 is 2.47 bits per heavy atom. The average molecular weight is 301 g/mol. The summed E-state index contributed by atoms with van der Waals surface area (Å²) in [6.45, 7) is 7.86. The molecule has 1 amide bonds. The van der Waals surface area contributed by atoms with Crippen molar-refractivity contribution in [3.05, 3.63) is 23.2 Å². The van der Waals surface area contributed by atoms with Crippen LogP contribution >= 0.6 is 23.4 Å². The van der Waals surface area contributed by atoms with Crippen molar-refractivity contribution in [1.29, 1.82) is 0 Å². The predicted octanol–water partition coefficient (Wildman–Crippen LogP) is 3.76. The van der Waals surface area contributed by atoms with Gasteiger partial charge in [-0.05, 0) is 25.1 Å². The van der Waals surface area contributed by atoms with Crippen molar-refractivity contribution in [2.24, 2.45) is 11.7 Å². The second-order valence-corrected chi connectivity index (χ2v) is 7.00. The number of hydrogen-bond donors (Lipinski definition) is 2. The van der Waals surface area contributed by atoms with Crippen molar-refractivity contribution in [2.75, 3.05) is 5.32 Å². The van der Waals surface area contributed by atoms with Gasteiger partial charge in [0, 0.05) is 21.2 Å². The van der Waals surface area contributed by atoms with Crippen LogP contribution in [0, 0.1) is 5.92 Å². The summed E-state index contributed by atoms with van der Waals surface area (Å²) in [7, 11) is 0. The number of hydrogen-bond acceptors (Lipinski definition) is 3. The highest BCUT2D eigenvalue weighted by molar-refractivity contribution is 8.00. The summed E-state index contributed by atoms with van der Waals surface area (Å²) in [4.78, 5) is 13.1. The van der Waals surface area contributed by atoms with E-state index < -0.39 is 0 Å². The lowest BCUT2D eigenvalue weighted by atomic mass is 10.0. The smallest absolute Gasteiger partial charge is 0.228 e. The third-order valence-electron chi connectivity index (χ3n) is 2.76. The van der Waals surface area contributed by atoms with E-state index in [1.54, 1.807) is 17.8 Å². The lowest BCUT2D eigenvalue weighted by Crippen LogP contribution is -2.34. The Kier molecular flexibility index (Phi) is 6.17. The number of rotatable bonds is 5. The molecule has 3 nitrogen and oxygen atoms in total. The molecule has 1 aromatic carbocycles. The van der Waals surface area contributed by atoms with Crippen LogP contribution < -0.4 is 11.1 Å². The lowest BCUT2D eigenvalue weighted by Gasteiger charge is -2.18. The maximum absolute atomic E-state index is 12.1. The standard InChI is InChI=1S/C14H21ClN2OS/c1-8(2)19-13-6-5-11(15)7-12(13)17-14(18)9(3)10(4)16/h5-10H,16H2,1-4H3,(H,17,18). The fourth-order valence-electron chi connectivity index (χ4n) is 1.44. The van der Waals surface area contributed by atoms with Crippen LogP contribution in [-0.2, 0) is 4.79 Å². The molecule has 0 saturated heterocycles. The van der Waals surface area contributed by atoms with Gasteiger partial charge in [-0.15, -0.1) is 11.8 Å². The molecule has 0 radical (unpaired) electrons. The summed E-state index contributed by atoms with van der Waals surface area (Å²) in [6.07, 6.45) is 0. The largest absolute Gasteiger partial charge is 0.327 e. The van der Waals surface area contributed by atoms with Crippen LogP contribution in [0.4, 0.5) is 5.69 Å². The molecule has 3 N–H and O–H groups in total. The summed E-state index contributed by atoms with van der Waals surface area (Å²) in [5.74, 6) is -0.321. The molecule has 0 aliphatic carbocycles. The number of thioether (sulfide) groups is 1. The minimum absolute atomic E-state index is 0.0807. The van der Waals surface area contributed by atoms with Crippen molar-refractivity contribution in [1.82, 2.24) is 0 Å². The first-order valence-electron chi connectivity index (χ1n) is 6.34. The van der Waals surface area contributed by atoms with Gasteiger partial charge in [0.1, 0.15) is 0 Å². The molecule has 0 aliphatic rings. The average Bonchev–Trinajstić information content (AvgIpc) is 2.31. The predicted molar refractivity (Wildman–Crippen MR) is 83.9 cm³/mol. The zero-order chi connectivity index (χ0) is 14.6. The molecule has 106 valence electrons. The zero-order valence-electron chi connectivity index (χ0n) is 11.7. The highest BCUT2D eigenvalue weighted by Crippen LogP contribution is 2.32. The Labute approximate surface area is 124 Å². The second-order valence-electron chi connectivity index (χ2n) is 4.94. The van der Waals surface area contributed by atoms with E-state index in [0.29, 0.717) is 10.3 Å². The molecule has 0 fully saturated rings. The van der Waals surface area contributed by atoms with Gasteiger partial charge in [-0.1, -0.05) is 32.4 Å². The number of anilines is 1. The van der Waals surface area contributed by atoms with Crippen LogP contribution in [0.2, 0.25) is 5.02 Å². The third kappa shape index (κ3) is 5.05. The first-order valence-corrected chi connectivity index (χ1v) is 7.59. The van der Waals surface area contributed by atoms with E-state index in [4.69, 9.17) is 17.3 Å². The molecule has 0 spiro atoms. The molecule has 0 heterocycles. The van der Waals surface area contributed by atoms with E-state index in [2.05, 4.69) is 19.2 Å². The van der Waals surface area contributed by atoms with Gasteiger partial charge in [-0.3, -0.25) is 4.79 Å². The van der Waals surface area contributed by atoms with Gasteiger partial charge >= 0.3 is 0 Å². The molecular formula is C14H21ClN2OS. The fourth-order valence-corrected chi connectivity index (χ4v) is 2.51.